The van der Waals surface area contributed by atoms with Gasteiger partial charge >= 0.3 is 0 Å². The predicted octanol–water partition coefficient (Wildman–Crippen LogP) is 3.23. The van der Waals surface area contributed by atoms with Crippen molar-refractivity contribution in [2.45, 2.75) is 19.4 Å². The van der Waals surface area contributed by atoms with E-state index >= 15 is 0 Å². The van der Waals surface area contributed by atoms with Crippen molar-refractivity contribution in [3.63, 3.8) is 0 Å². The number of hydrogen-bond acceptors (Lipinski definition) is 6. The van der Waals surface area contributed by atoms with E-state index in [4.69, 9.17) is 9.97 Å². The lowest BCUT2D eigenvalue weighted by atomic mass is 10.2. The Bertz CT molecular complexity index is 584. The molecule has 4 nitrogen and oxygen atoms in total. The van der Waals surface area contributed by atoms with Gasteiger partial charge in [-0.25, -0.2) is 9.97 Å². The third-order valence-corrected chi connectivity index (χ3v) is 5.41. The second-order valence-corrected chi connectivity index (χ2v) is 7.11. The van der Waals surface area contributed by atoms with Crippen LogP contribution < -0.4 is 5.32 Å². The lowest BCUT2D eigenvalue weighted by molar-refractivity contribution is 0.265. The van der Waals surface area contributed by atoms with E-state index in [9.17, 15) is 0 Å². The summed E-state index contributed by atoms with van der Waals surface area (Å²) in [5, 5.41) is 6.70. The van der Waals surface area contributed by atoms with Gasteiger partial charge in [0.15, 0.2) is 0 Å². The van der Waals surface area contributed by atoms with Crippen LogP contribution in [0.3, 0.4) is 0 Å². The molecule has 3 heterocycles. The third kappa shape index (κ3) is 2.77. The molecule has 0 amide bonds. The molecule has 0 radical (unpaired) electrons. The van der Waals surface area contributed by atoms with Gasteiger partial charge in [-0.2, -0.15) is 11.8 Å². The zero-order chi connectivity index (χ0) is 13.9. The maximum Gasteiger partial charge on any atom is 0.150 e. The highest BCUT2D eigenvalue weighted by Gasteiger charge is 2.24. The third-order valence-electron chi connectivity index (χ3n) is 3.58. The molecule has 1 fully saturated rings. The van der Waals surface area contributed by atoms with Gasteiger partial charge in [-0.15, -0.1) is 11.3 Å². The van der Waals surface area contributed by atoms with E-state index < -0.39 is 0 Å². The van der Waals surface area contributed by atoms with Crippen LogP contribution in [0.1, 0.15) is 25.2 Å². The summed E-state index contributed by atoms with van der Waals surface area (Å²) in [7, 11) is 2.17. The van der Waals surface area contributed by atoms with Crippen molar-refractivity contribution in [3.05, 3.63) is 17.3 Å². The van der Waals surface area contributed by atoms with Gasteiger partial charge in [-0.1, -0.05) is 6.92 Å². The van der Waals surface area contributed by atoms with Crippen LogP contribution in [-0.2, 0) is 0 Å². The number of nitrogens with one attached hydrogen (secondary N) is 1. The van der Waals surface area contributed by atoms with Gasteiger partial charge < -0.3 is 5.32 Å². The van der Waals surface area contributed by atoms with E-state index in [1.807, 2.05) is 11.8 Å². The molecule has 20 heavy (non-hydrogen) atoms. The van der Waals surface area contributed by atoms with E-state index in [1.54, 1.807) is 11.3 Å². The predicted molar refractivity (Wildman–Crippen MR) is 88.9 cm³/mol. The topological polar surface area (TPSA) is 41.1 Å². The van der Waals surface area contributed by atoms with Crippen LogP contribution >= 0.6 is 23.1 Å². The minimum atomic E-state index is 0.336. The van der Waals surface area contributed by atoms with E-state index in [2.05, 4.69) is 35.6 Å². The van der Waals surface area contributed by atoms with Crippen LogP contribution in [0, 0.1) is 0 Å². The Morgan fingerprint density at radius 3 is 3.15 bits per heavy atom. The Kier molecular flexibility index (Phi) is 4.43. The zero-order valence-electron chi connectivity index (χ0n) is 11.9. The monoisotopic (exact) mass is 308 g/mol. The fourth-order valence-corrected chi connectivity index (χ4v) is 4.34. The summed E-state index contributed by atoms with van der Waals surface area (Å²) < 4.78 is 0. The molecule has 0 saturated carbocycles. The largest absolute Gasteiger partial charge is 0.369 e. The lowest BCUT2D eigenvalue weighted by Crippen LogP contribution is -2.34. The normalized spacial score (nSPS) is 20.4. The number of thiophene rings is 1. The Labute approximate surface area is 128 Å². The first-order chi connectivity index (χ1) is 9.79. The zero-order valence-corrected chi connectivity index (χ0v) is 13.6. The molecule has 0 aliphatic carbocycles. The van der Waals surface area contributed by atoms with Gasteiger partial charge in [0.05, 0.1) is 11.4 Å². The summed E-state index contributed by atoms with van der Waals surface area (Å²) in [6.45, 7) is 4.24. The first-order valence-electron chi connectivity index (χ1n) is 7.06. The van der Waals surface area contributed by atoms with Crippen LogP contribution in [-0.4, -0.2) is 46.5 Å². The Morgan fingerprint density at radius 1 is 1.45 bits per heavy atom. The van der Waals surface area contributed by atoms with Gasteiger partial charge in [0.1, 0.15) is 16.5 Å². The maximum atomic E-state index is 4.81. The number of rotatable bonds is 4. The van der Waals surface area contributed by atoms with E-state index in [-0.39, 0.29) is 0 Å². The van der Waals surface area contributed by atoms with Gasteiger partial charge in [-0.05, 0) is 24.9 Å². The summed E-state index contributed by atoms with van der Waals surface area (Å²) in [5.74, 6) is 4.25. The average molecular weight is 308 g/mol. The smallest absolute Gasteiger partial charge is 0.150 e. The van der Waals surface area contributed by atoms with Crippen molar-refractivity contribution in [1.82, 2.24) is 14.9 Å². The minimum Gasteiger partial charge on any atom is -0.369 e. The molecule has 1 unspecified atom stereocenters. The second kappa shape index (κ2) is 6.28. The molecule has 1 saturated heterocycles. The van der Waals surface area contributed by atoms with Crippen LogP contribution in [0.25, 0.3) is 10.2 Å². The Hall–Kier alpha value is -0.850. The Balaban J connectivity index is 1.97. The molecule has 0 aromatic carbocycles. The standard InChI is InChI=1S/C14H20N4S2/c1-3-5-15-12-10-4-7-20-14(10)17-13(16-12)11-9-19-8-6-18(11)2/h4,7,11H,3,5-6,8-9H2,1-2H3,(H,15,16,17). The van der Waals surface area contributed by atoms with E-state index in [1.165, 1.54) is 5.75 Å². The molecular weight excluding hydrogens is 288 g/mol. The van der Waals surface area contributed by atoms with Gasteiger partial charge in [0.25, 0.3) is 0 Å². The van der Waals surface area contributed by atoms with Crippen LogP contribution in [0.5, 0.6) is 0 Å². The SMILES string of the molecule is CCCNc1nc(C2CSCCN2C)nc2sccc12. The van der Waals surface area contributed by atoms with E-state index in [0.29, 0.717) is 6.04 Å². The number of aromatic nitrogens is 2. The molecule has 2 aromatic rings. The highest BCUT2D eigenvalue weighted by Crippen LogP contribution is 2.31. The van der Waals surface area contributed by atoms with Crippen molar-refractivity contribution in [1.29, 1.82) is 0 Å². The molecule has 1 aliphatic heterocycles. The fourth-order valence-electron chi connectivity index (χ4n) is 2.36. The van der Waals surface area contributed by atoms with Crippen LogP contribution in [0.15, 0.2) is 11.4 Å². The number of hydrogen-bond donors (Lipinski definition) is 1. The molecule has 1 aliphatic rings. The molecule has 108 valence electrons. The van der Waals surface area contributed by atoms with Crippen molar-refractivity contribution in [3.8, 4) is 0 Å². The molecule has 2 aromatic heterocycles. The highest BCUT2D eigenvalue weighted by molar-refractivity contribution is 7.99. The first-order valence-corrected chi connectivity index (χ1v) is 9.10. The number of nitrogens with zero attached hydrogens (tertiary/aromatic N) is 3. The van der Waals surface area contributed by atoms with Crippen molar-refractivity contribution < 1.29 is 0 Å². The molecule has 3 rings (SSSR count). The summed E-state index contributed by atoms with van der Waals surface area (Å²) >= 11 is 3.69. The molecule has 1 N–H and O–H groups in total. The molecular formula is C14H20N4S2. The summed E-state index contributed by atoms with van der Waals surface area (Å²) in [4.78, 5) is 13.1. The fraction of sp³-hybridized carbons (Fsp3) is 0.571. The Morgan fingerprint density at radius 2 is 2.35 bits per heavy atom. The summed E-state index contributed by atoms with van der Waals surface area (Å²) in [6, 6.07) is 2.45. The van der Waals surface area contributed by atoms with Crippen LogP contribution in [0.4, 0.5) is 5.82 Å². The molecule has 1 atom stereocenters. The van der Waals surface area contributed by atoms with Crippen LogP contribution in [0.2, 0.25) is 0 Å². The van der Waals surface area contributed by atoms with E-state index in [0.717, 1.165) is 47.1 Å². The first kappa shape index (κ1) is 14.1. The molecule has 6 heteroatoms. The quantitative estimate of drug-likeness (QED) is 0.939. The van der Waals surface area contributed by atoms with Crippen molar-refractivity contribution in [2.24, 2.45) is 0 Å². The lowest BCUT2D eigenvalue weighted by Gasteiger charge is -2.31. The number of thioether (sulfide) groups is 1. The maximum absolute atomic E-state index is 4.81. The van der Waals surface area contributed by atoms with Crippen molar-refractivity contribution in [2.75, 3.05) is 37.0 Å². The summed E-state index contributed by atoms with van der Waals surface area (Å²) in [5.41, 5.74) is 0. The van der Waals surface area contributed by atoms with Gasteiger partial charge in [0, 0.05) is 24.6 Å². The van der Waals surface area contributed by atoms with Gasteiger partial charge in [0.2, 0.25) is 0 Å². The number of anilines is 1. The minimum absolute atomic E-state index is 0.336. The average Bonchev–Trinajstić information content (AvgIpc) is 2.93. The highest BCUT2D eigenvalue weighted by atomic mass is 32.2. The number of fused-ring (bicyclic) bond motifs is 1. The summed E-state index contributed by atoms with van der Waals surface area (Å²) in [6.07, 6.45) is 1.10. The second-order valence-electron chi connectivity index (χ2n) is 5.07. The van der Waals surface area contributed by atoms with Gasteiger partial charge in [-0.3, -0.25) is 4.90 Å². The van der Waals surface area contributed by atoms with Crippen molar-refractivity contribution >= 4 is 39.1 Å². The molecule has 0 spiro atoms. The molecule has 0 bridgehead atoms.